The molecule has 2 aliphatic heterocycles. The summed E-state index contributed by atoms with van der Waals surface area (Å²) in [5.41, 5.74) is 2.42. The lowest BCUT2D eigenvalue weighted by Crippen LogP contribution is -2.42. The number of hydrogen-bond donors (Lipinski definition) is 0. The van der Waals surface area contributed by atoms with Gasteiger partial charge in [0, 0.05) is 23.2 Å². The van der Waals surface area contributed by atoms with Gasteiger partial charge in [0.2, 0.25) is 0 Å². The lowest BCUT2D eigenvalue weighted by molar-refractivity contribution is 0.0923. The van der Waals surface area contributed by atoms with E-state index in [0.29, 0.717) is 12.0 Å². The molecular weight excluding hydrogens is 241 g/mol. The summed E-state index contributed by atoms with van der Waals surface area (Å²) in [4.78, 5) is 14.6. The second-order valence-electron chi connectivity index (χ2n) is 5.37. The van der Waals surface area contributed by atoms with Crippen molar-refractivity contribution >= 4 is 17.2 Å². The molecule has 0 N–H and O–H groups in total. The molecule has 2 heterocycles. The van der Waals surface area contributed by atoms with E-state index in [2.05, 4.69) is 0 Å². The van der Waals surface area contributed by atoms with Gasteiger partial charge in [-0.15, -0.1) is 0 Å². The topological polar surface area (TPSA) is 20.3 Å². The van der Waals surface area contributed by atoms with Crippen LogP contribution in [0.25, 0.3) is 0 Å². The first kappa shape index (κ1) is 10.7. The number of nitrogens with zero attached hydrogens (tertiary/aromatic N) is 1. The largest absolute Gasteiger partial charge is 0.327 e. The zero-order valence-corrected chi connectivity index (χ0v) is 10.5. The second-order valence-corrected chi connectivity index (χ2v) is 5.37. The number of fused-ring (bicyclic) bond motifs is 5. The number of carbonyl (C=O) groups excluding carboxylic acids is 1. The normalized spacial score (nSPS) is 23.3. The molecule has 2 aliphatic rings. The molecule has 3 heteroatoms. The Morgan fingerprint density at radius 3 is 2.68 bits per heavy atom. The Kier molecular flexibility index (Phi) is 1.83. The van der Waals surface area contributed by atoms with Crippen LogP contribution in [0.1, 0.15) is 22.8 Å². The van der Waals surface area contributed by atoms with Gasteiger partial charge < -0.3 is 4.90 Å². The van der Waals surface area contributed by atoms with E-state index in [0.717, 1.165) is 16.9 Å². The molecule has 0 radical (unpaired) electrons. The third kappa shape index (κ3) is 1.13. The minimum atomic E-state index is -0.672. The van der Waals surface area contributed by atoms with Gasteiger partial charge in [-0.05, 0) is 31.2 Å². The summed E-state index contributed by atoms with van der Waals surface area (Å²) < 4.78 is 13.9. The summed E-state index contributed by atoms with van der Waals surface area (Å²) in [6, 6.07) is 12.6. The molecule has 0 spiro atoms. The number of benzene rings is 2. The molecule has 2 nitrogen and oxygen atoms in total. The van der Waals surface area contributed by atoms with Gasteiger partial charge in [-0.3, -0.25) is 4.79 Å². The maximum Gasteiger partial charge on any atom is 0.190 e. The van der Waals surface area contributed by atoms with Gasteiger partial charge in [0.05, 0.1) is 5.69 Å². The molecule has 4 rings (SSSR count). The number of halogens is 1. The Bertz CT molecular complexity index is 724. The van der Waals surface area contributed by atoms with Crippen molar-refractivity contribution in [3.8, 4) is 0 Å². The average Bonchev–Trinajstić information content (AvgIpc) is 2.83. The number of carbonyl (C=O) groups is 1. The second kappa shape index (κ2) is 3.23. The minimum Gasteiger partial charge on any atom is -0.327 e. The summed E-state index contributed by atoms with van der Waals surface area (Å²) in [7, 11) is 0. The Labute approximate surface area is 110 Å². The molecule has 0 aromatic heterocycles. The standard InChI is InChI=1S/C16H12FNO/c1-16-9-11-12(17)6-4-8-14(11)18(16)13-7-3-2-5-10(13)15(16)19/h2-8H,9H2,1H3. The molecule has 94 valence electrons. The van der Waals surface area contributed by atoms with Crippen molar-refractivity contribution in [3.63, 3.8) is 0 Å². The lowest BCUT2D eigenvalue weighted by Gasteiger charge is -2.28. The first-order chi connectivity index (χ1) is 9.13. The van der Waals surface area contributed by atoms with Gasteiger partial charge in [0.15, 0.2) is 5.78 Å². The summed E-state index contributed by atoms with van der Waals surface area (Å²) in [6.45, 7) is 1.90. The van der Waals surface area contributed by atoms with Gasteiger partial charge in [-0.1, -0.05) is 18.2 Å². The lowest BCUT2D eigenvalue weighted by atomic mass is 9.91. The van der Waals surface area contributed by atoms with Crippen molar-refractivity contribution in [2.24, 2.45) is 0 Å². The van der Waals surface area contributed by atoms with Crippen molar-refractivity contribution < 1.29 is 9.18 Å². The van der Waals surface area contributed by atoms with E-state index in [-0.39, 0.29) is 11.6 Å². The Hall–Kier alpha value is -2.16. The van der Waals surface area contributed by atoms with E-state index in [1.165, 1.54) is 6.07 Å². The van der Waals surface area contributed by atoms with Crippen LogP contribution in [0.4, 0.5) is 15.8 Å². The van der Waals surface area contributed by atoms with Crippen LogP contribution < -0.4 is 4.90 Å². The quantitative estimate of drug-likeness (QED) is 0.716. The summed E-state index contributed by atoms with van der Waals surface area (Å²) >= 11 is 0. The molecule has 0 aliphatic carbocycles. The SMILES string of the molecule is CC12Cc3c(F)cccc3N1c1ccccc1C2=O. The summed E-state index contributed by atoms with van der Waals surface area (Å²) in [6.07, 6.45) is 0.433. The van der Waals surface area contributed by atoms with E-state index >= 15 is 0 Å². The first-order valence-electron chi connectivity index (χ1n) is 6.34. The average molecular weight is 253 g/mol. The van der Waals surface area contributed by atoms with E-state index in [1.54, 1.807) is 6.07 Å². The number of anilines is 2. The minimum absolute atomic E-state index is 0.0821. The maximum absolute atomic E-state index is 13.9. The van der Waals surface area contributed by atoms with Gasteiger partial charge in [0.25, 0.3) is 0 Å². The highest BCUT2D eigenvalue weighted by molar-refractivity contribution is 6.17. The summed E-state index contributed by atoms with van der Waals surface area (Å²) in [5, 5.41) is 0. The zero-order chi connectivity index (χ0) is 13.2. The third-order valence-electron chi connectivity index (χ3n) is 4.23. The van der Waals surface area contributed by atoms with Crippen LogP contribution in [-0.4, -0.2) is 11.3 Å². The van der Waals surface area contributed by atoms with Crippen LogP contribution in [0, 0.1) is 5.82 Å². The van der Waals surface area contributed by atoms with Crippen LogP contribution in [0.3, 0.4) is 0 Å². The molecule has 0 fully saturated rings. The van der Waals surface area contributed by atoms with Crippen LogP contribution in [0.2, 0.25) is 0 Å². The van der Waals surface area contributed by atoms with E-state index in [9.17, 15) is 9.18 Å². The molecule has 0 amide bonds. The van der Waals surface area contributed by atoms with Crippen LogP contribution in [0.5, 0.6) is 0 Å². The molecule has 0 saturated heterocycles. The number of para-hydroxylation sites is 1. The van der Waals surface area contributed by atoms with Gasteiger partial charge >= 0.3 is 0 Å². The van der Waals surface area contributed by atoms with Crippen LogP contribution in [-0.2, 0) is 6.42 Å². The smallest absolute Gasteiger partial charge is 0.190 e. The Morgan fingerprint density at radius 2 is 1.84 bits per heavy atom. The molecular formula is C16H12FNO. The molecule has 0 saturated carbocycles. The van der Waals surface area contributed by atoms with Gasteiger partial charge in [-0.2, -0.15) is 0 Å². The number of ketones is 1. The van der Waals surface area contributed by atoms with E-state index in [4.69, 9.17) is 0 Å². The van der Waals surface area contributed by atoms with Gasteiger partial charge in [-0.25, -0.2) is 4.39 Å². The molecule has 0 bridgehead atoms. The molecule has 19 heavy (non-hydrogen) atoms. The van der Waals surface area contributed by atoms with Crippen molar-refractivity contribution in [1.82, 2.24) is 0 Å². The fourth-order valence-corrected chi connectivity index (χ4v) is 3.35. The van der Waals surface area contributed by atoms with Crippen LogP contribution in [0.15, 0.2) is 42.5 Å². The molecule has 2 aromatic carbocycles. The van der Waals surface area contributed by atoms with Crippen molar-refractivity contribution in [1.29, 1.82) is 0 Å². The zero-order valence-electron chi connectivity index (χ0n) is 10.5. The third-order valence-corrected chi connectivity index (χ3v) is 4.23. The Balaban J connectivity index is 2.04. The molecule has 1 unspecified atom stereocenters. The van der Waals surface area contributed by atoms with Crippen molar-refractivity contribution in [2.45, 2.75) is 18.9 Å². The monoisotopic (exact) mass is 253 g/mol. The Morgan fingerprint density at radius 1 is 1.11 bits per heavy atom. The van der Waals surface area contributed by atoms with Crippen molar-refractivity contribution in [3.05, 3.63) is 59.4 Å². The van der Waals surface area contributed by atoms with Crippen LogP contribution >= 0.6 is 0 Å². The maximum atomic E-state index is 13.9. The predicted octanol–water partition coefficient (Wildman–Crippen LogP) is 3.47. The number of rotatable bonds is 0. The van der Waals surface area contributed by atoms with E-state index < -0.39 is 5.54 Å². The first-order valence-corrected chi connectivity index (χ1v) is 6.34. The fraction of sp³-hybridized carbons (Fsp3) is 0.188. The number of Topliss-reactive ketones (excluding diaryl/α,β-unsaturated/α-hetero) is 1. The van der Waals surface area contributed by atoms with Gasteiger partial charge in [0.1, 0.15) is 11.4 Å². The fourth-order valence-electron chi connectivity index (χ4n) is 3.35. The highest BCUT2D eigenvalue weighted by Crippen LogP contribution is 2.51. The highest BCUT2D eigenvalue weighted by Gasteiger charge is 2.53. The number of hydrogen-bond acceptors (Lipinski definition) is 2. The van der Waals surface area contributed by atoms with E-state index in [1.807, 2.05) is 42.2 Å². The molecule has 2 aromatic rings. The molecule has 1 atom stereocenters. The highest BCUT2D eigenvalue weighted by atomic mass is 19.1. The van der Waals surface area contributed by atoms with Crippen molar-refractivity contribution in [2.75, 3.05) is 4.90 Å². The predicted molar refractivity (Wildman–Crippen MR) is 71.4 cm³/mol. The summed E-state index contributed by atoms with van der Waals surface area (Å²) in [5.74, 6) is -0.142.